The molecule has 0 unspecified atom stereocenters. The maximum atomic E-state index is 11.9. The van der Waals surface area contributed by atoms with E-state index < -0.39 is 0 Å². The zero-order chi connectivity index (χ0) is 18.0. The van der Waals surface area contributed by atoms with Crippen molar-refractivity contribution in [1.82, 2.24) is 30.6 Å². The Kier molecular flexibility index (Phi) is 4.98. The number of anilines is 1. The van der Waals surface area contributed by atoms with Crippen LogP contribution in [0.2, 0.25) is 0 Å². The topological polar surface area (TPSA) is 98.8 Å². The van der Waals surface area contributed by atoms with Gasteiger partial charge in [-0.05, 0) is 27.2 Å². The van der Waals surface area contributed by atoms with Crippen LogP contribution in [0.1, 0.15) is 39.8 Å². The summed E-state index contributed by atoms with van der Waals surface area (Å²) in [5.74, 6) is 1.77. The molecule has 1 fully saturated rings. The van der Waals surface area contributed by atoms with Crippen LogP contribution in [0.3, 0.4) is 0 Å². The van der Waals surface area contributed by atoms with E-state index in [-0.39, 0.29) is 11.7 Å². The predicted octanol–water partition coefficient (Wildman–Crippen LogP) is 0.853. The number of hydrogen-bond acceptors (Lipinski definition) is 6. The second-order valence-corrected chi connectivity index (χ2v) is 6.49. The Morgan fingerprint density at radius 1 is 1.36 bits per heavy atom. The Morgan fingerprint density at radius 3 is 2.84 bits per heavy atom. The number of amides is 1. The summed E-state index contributed by atoms with van der Waals surface area (Å²) in [5, 5.41) is 6.13. The van der Waals surface area contributed by atoms with Crippen LogP contribution in [-0.4, -0.2) is 52.0 Å². The number of aryl methyl sites for hydroxylation is 2. The lowest BCUT2D eigenvalue weighted by Crippen LogP contribution is -2.33. The molecule has 134 valence electrons. The minimum absolute atomic E-state index is 0.225. The molecule has 1 saturated heterocycles. The summed E-state index contributed by atoms with van der Waals surface area (Å²) in [7, 11) is 1.59. The Morgan fingerprint density at radius 2 is 2.16 bits per heavy atom. The summed E-state index contributed by atoms with van der Waals surface area (Å²) in [5.41, 5.74) is 2.93. The average molecular weight is 343 g/mol. The van der Waals surface area contributed by atoms with Crippen LogP contribution in [0.5, 0.6) is 0 Å². The molecule has 0 bridgehead atoms. The first-order chi connectivity index (χ1) is 12.0. The molecule has 8 nitrogen and oxygen atoms in total. The highest BCUT2D eigenvalue weighted by Crippen LogP contribution is 2.24. The van der Waals surface area contributed by atoms with Gasteiger partial charge >= 0.3 is 0 Å². The average Bonchev–Trinajstić information content (AvgIpc) is 3.23. The van der Waals surface area contributed by atoms with Crippen molar-refractivity contribution in [3.63, 3.8) is 0 Å². The molecule has 1 amide bonds. The highest BCUT2D eigenvalue weighted by Gasteiger charge is 2.26. The number of aromatic nitrogens is 4. The second kappa shape index (κ2) is 7.18. The summed E-state index contributed by atoms with van der Waals surface area (Å²) < 4.78 is 0. The fourth-order valence-corrected chi connectivity index (χ4v) is 3.05. The summed E-state index contributed by atoms with van der Waals surface area (Å²) in [6.07, 6.45) is 2.86. The first-order valence-corrected chi connectivity index (χ1v) is 8.54. The van der Waals surface area contributed by atoms with Gasteiger partial charge in [0.1, 0.15) is 11.6 Å². The quantitative estimate of drug-likeness (QED) is 0.744. The highest BCUT2D eigenvalue weighted by atomic mass is 16.2. The first-order valence-electron chi connectivity index (χ1n) is 8.54. The molecule has 3 N–H and O–H groups in total. The van der Waals surface area contributed by atoms with E-state index in [0.29, 0.717) is 6.04 Å². The molecule has 1 aliphatic heterocycles. The zero-order valence-corrected chi connectivity index (χ0v) is 15.2. The first kappa shape index (κ1) is 17.3. The van der Waals surface area contributed by atoms with Gasteiger partial charge in [0.05, 0.1) is 6.54 Å². The van der Waals surface area contributed by atoms with Crippen molar-refractivity contribution in [2.24, 2.45) is 0 Å². The van der Waals surface area contributed by atoms with Gasteiger partial charge in [0, 0.05) is 49.3 Å². The number of aromatic amines is 1. The third-order valence-corrected chi connectivity index (χ3v) is 4.60. The lowest BCUT2D eigenvalue weighted by atomic mass is 10.2. The van der Waals surface area contributed by atoms with Crippen LogP contribution in [-0.2, 0) is 6.54 Å². The van der Waals surface area contributed by atoms with Crippen molar-refractivity contribution < 1.29 is 4.79 Å². The van der Waals surface area contributed by atoms with Gasteiger partial charge in [0.25, 0.3) is 5.91 Å². The molecule has 3 rings (SSSR count). The lowest BCUT2D eigenvalue weighted by Gasteiger charge is -2.21. The molecule has 0 spiro atoms. The molecule has 1 aliphatic rings. The highest BCUT2D eigenvalue weighted by molar-refractivity contribution is 5.90. The van der Waals surface area contributed by atoms with Crippen molar-refractivity contribution in [2.75, 3.05) is 25.0 Å². The smallest absolute Gasteiger partial charge is 0.288 e. The summed E-state index contributed by atoms with van der Waals surface area (Å²) in [4.78, 5) is 30.5. The van der Waals surface area contributed by atoms with Crippen LogP contribution in [0.15, 0.2) is 6.20 Å². The van der Waals surface area contributed by atoms with E-state index in [9.17, 15) is 4.79 Å². The number of H-pyrrole nitrogens is 1. The van der Waals surface area contributed by atoms with Gasteiger partial charge in [-0.15, -0.1) is 0 Å². The van der Waals surface area contributed by atoms with E-state index in [2.05, 4.69) is 35.5 Å². The molecule has 0 saturated carbocycles. The third kappa shape index (κ3) is 3.79. The zero-order valence-electron chi connectivity index (χ0n) is 15.2. The molecule has 0 aliphatic carbocycles. The standard InChI is InChI=1S/C17H25N7O/c1-10-7-20-14(21-10)8-19-13-5-6-24(9-13)16-11(2)12(3)22-15(23-16)17(25)18-4/h7,13,19H,5-6,8-9H2,1-4H3,(H,18,25)(H,20,21)/t13-/m1/s1. The van der Waals surface area contributed by atoms with Crippen molar-refractivity contribution >= 4 is 11.7 Å². The Labute approximate surface area is 147 Å². The van der Waals surface area contributed by atoms with Crippen LogP contribution >= 0.6 is 0 Å². The number of nitrogens with zero attached hydrogens (tertiary/aromatic N) is 4. The monoisotopic (exact) mass is 343 g/mol. The van der Waals surface area contributed by atoms with Gasteiger partial charge in [0.15, 0.2) is 0 Å². The van der Waals surface area contributed by atoms with E-state index in [4.69, 9.17) is 0 Å². The molecule has 3 heterocycles. The molecule has 0 radical (unpaired) electrons. The summed E-state index contributed by atoms with van der Waals surface area (Å²) in [6.45, 7) is 8.39. The molecule has 2 aromatic heterocycles. The van der Waals surface area contributed by atoms with E-state index in [1.54, 1.807) is 7.05 Å². The largest absolute Gasteiger partial charge is 0.355 e. The van der Waals surface area contributed by atoms with Gasteiger partial charge in [-0.1, -0.05) is 0 Å². The van der Waals surface area contributed by atoms with Gasteiger partial charge in [-0.2, -0.15) is 0 Å². The predicted molar refractivity (Wildman–Crippen MR) is 95.7 cm³/mol. The Balaban J connectivity index is 1.68. The van der Waals surface area contributed by atoms with E-state index >= 15 is 0 Å². The molecule has 8 heteroatoms. The second-order valence-electron chi connectivity index (χ2n) is 6.49. The molecule has 25 heavy (non-hydrogen) atoms. The summed E-state index contributed by atoms with van der Waals surface area (Å²) in [6, 6.07) is 0.364. The molecule has 1 atom stereocenters. The van der Waals surface area contributed by atoms with Crippen molar-refractivity contribution in [1.29, 1.82) is 0 Å². The van der Waals surface area contributed by atoms with Gasteiger partial charge < -0.3 is 20.5 Å². The van der Waals surface area contributed by atoms with Crippen LogP contribution in [0.25, 0.3) is 0 Å². The van der Waals surface area contributed by atoms with Crippen molar-refractivity contribution in [3.8, 4) is 0 Å². The van der Waals surface area contributed by atoms with Crippen LogP contribution in [0.4, 0.5) is 5.82 Å². The maximum Gasteiger partial charge on any atom is 0.288 e. The number of carbonyl (C=O) groups excluding carboxylic acids is 1. The molecular formula is C17H25N7O. The maximum absolute atomic E-state index is 11.9. The number of nitrogens with one attached hydrogen (secondary N) is 3. The fourth-order valence-electron chi connectivity index (χ4n) is 3.05. The lowest BCUT2D eigenvalue weighted by molar-refractivity contribution is 0.0952. The fraction of sp³-hybridized carbons (Fsp3) is 0.529. The van der Waals surface area contributed by atoms with Crippen LogP contribution < -0.4 is 15.5 Å². The third-order valence-electron chi connectivity index (χ3n) is 4.60. The van der Waals surface area contributed by atoms with E-state index in [1.807, 2.05) is 27.0 Å². The van der Waals surface area contributed by atoms with Crippen molar-refractivity contribution in [2.45, 2.75) is 39.8 Å². The Bertz CT molecular complexity index is 770. The summed E-state index contributed by atoms with van der Waals surface area (Å²) >= 11 is 0. The Hall–Kier alpha value is -2.48. The number of hydrogen-bond donors (Lipinski definition) is 3. The van der Waals surface area contributed by atoms with Gasteiger partial charge in [-0.25, -0.2) is 15.0 Å². The number of rotatable bonds is 5. The number of imidazole rings is 1. The van der Waals surface area contributed by atoms with Crippen molar-refractivity contribution in [3.05, 3.63) is 34.8 Å². The minimum Gasteiger partial charge on any atom is -0.355 e. The SMILES string of the molecule is CNC(=O)c1nc(C)c(C)c(N2CC[C@@H](NCc3ncc(C)[nH]3)C2)n1. The molecule has 2 aromatic rings. The van der Waals surface area contributed by atoms with Crippen LogP contribution in [0, 0.1) is 20.8 Å². The van der Waals surface area contributed by atoms with Gasteiger partial charge in [-0.3, -0.25) is 4.79 Å². The van der Waals surface area contributed by atoms with Gasteiger partial charge in [0.2, 0.25) is 5.82 Å². The minimum atomic E-state index is -0.258. The van der Waals surface area contributed by atoms with E-state index in [1.165, 1.54) is 0 Å². The molecular weight excluding hydrogens is 318 g/mol. The number of carbonyl (C=O) groups is 1. The van der Waals surface area contributed by atoms with E-state index in [0.717, 1.165) is 54.6 Å². The normalized spacial score (nSPS) is 17.1. The molecule has 0 aromatic carbocycles.